The second-order valence-electron chi connectivity index (χ2n) is 4.13. The first-order valence-corrected chi connectivity index (χ1v) is 5.58. The van der Waals surface area contributed by atoms with Gasteiger partial charge in [0.25, 0.3) is 0 Å². The highest BCUT2D eigenvalue weighted by Crippen LogP contribution is 2.22. The largest absolute Gasteiger partial charge is 0.545 e. The molecule has 0 aliphatic heterocycles. The molecule has 0 spiro atoms. The van der Waals surface area contributed by atoms with Gasteiger partial charge in [-0.1, -0.05) is 12.1 Å². The highest BCUT2D eigenvalue weighted by Gasteiger charge is 2.06. The number of carbonyl (C=O) groups excluding carboxylic acids is 1. The van der Waals surface area contributed by atoms with Crippen LogP contribution in [0.25, 0.3) is 0 Å². The molecule has 0 atom stereocenters. The van der Waals surface area contributed by atoms with Crippen molar-refractivity contribution in [2.24, 2.45) is 0 Å². The molecule has 1 aromatic carbocycles. The molecule has 0 unspecified atom stereocenters. The number of carboxylic acids is 1. The molecule has 1 aromatic heterocycles. The molecule has 4 heteroatoms. The molecular formula is C14H13N2O2-. The lowest BCUT2D eigenvalue weighted by Gasteiger charge is -2.13. The van der Waals surface area contributed by atoms with Gasteiger partial charge in [-0.2, -0.15) is 0 Å². The van der Waals surface area contributed by atoms with Gasteiger partial charge in [-0.15, -0.1) is 0 Å². The molecule has 0 aliphatic rings. The predicted octanol–water partition coefficient (Wildman–Crippen LogP) is 1.81. The van der Waals surface area contributed by atoms with Crippen LogP contribution < -0.4 is 10.4 Å². The quantitative estimate of drug-likeness (QED) is 0.890. The smallest absolute Gasteiger partial charge is 0.139 e. The van der Waals surface area contributed by atoms with E-state index in [4.69, 9.17) is 0 Å². The SMILES string of the molecule is Cc1ccc(C)c(Nc2ncccc2C(=O)[O-])c1. The minimum atomic E-state index is -1.24. The van der Waals surface area contributed by atoms with Crippen LogP contribution >= 0.6 is 0 Å². The molecule has 0 saturated heterocycles. The topological polar surface area (TPSA) is 65.0 Å². The second-order valence-corrected chi connectivity index (χ2v) is 4.13. The molecule has 92 valence electrons. The van der Waals surface area contributed by atoms with Crippen molar-refractivity contribution in [2.45, 2.75) is 13.8 Å². The molecule has 18 heavy (non-hydrogen) atoms. The minimum absolute atomic E-state index is 0.0541. The van der Waals surface area contributed by atoms with Crippen LogP contribution in [0.2, 0.25) is 0 Å². The van der Waals surface area contributed by atoms with Gasteiger partial charge in [-0.05, 0) is 43.2 Å². The van der Waals surface area contributed by atoms with Crippen molar-refractivity contribution in [3.05, 3.63) is 53.2 Å². The number of hydrogen-bond donors (Lipinski definition) is 1. The van der Waals surface area contributed by atoms with E-state index in [2.05, 4.69) is 10.3 Å². The fourth-order valence-electron chi connectivity index (χ4n) is 1.67. The molecule has 0 saturated carbocycles. The Morgan fingerprint density at radius 1 is 1.28 bits per heavy atom. The standard InChI is InChI=1S/C14H14N2O2/c1-9-5-6-10(2)12(8-9)16-13-11(14(17)18)4-3-7-15-13/h3-8H,1-2H3,(H,15,16)(H,17,18)/p-1. The van der Waals surface area contributed by atoms with E-state index < -0.39 is 5.97 Å². The van der Waals surface area contributed by atoms with Crippen LogP contribution in [0.5, 0.6) is 0 Å². The summed E-state index contributed by atoms with van der Waals surface area (Å²) in [5.74, 6) is -0.942. The Morgan fingerprint density at radius 3 is 2.78 bits per heavy atom. The van der Waals surface area contributed by atoms with E-state index in [9.17, 15) is 9.90 Å². The van der Waals surface area contributed by atoms with Crippen LogP contribution in [0.1, 0.15) is 21.5 Å². The van der Waals surface area contributed by atoms with E-state index in [1.165, 1.54) is 6.07 Å². The zero-order valence-electron chi connectivity index (χ0n) is 10.2. The van der Waals surface area contributed by atoms with Gasteiger partial charge in [0.15, 0.2) is 0 Å². The third kappa shape index (κ3) is 2.48. The Kier molecular flexibility index (Phi) is 3.28. The molecule has 4 nitrogen and oxygen atoms in total. The molecule has 1 N–H and O–H groups in total. The Hall–Kier alpha value is -2.36. The number of aryl methyl sites for hydroxylation is 2. The monoisotopic (exact) mass is 241 g/mol. The molecular weight excluding hydrogens is 228 g/mol. The summed E-state index contributed by atoms with van der Waals surface area (Å²) >= 11 is 0. The minimum Gasteiger partial charge on any atom is -0.545 e. The van der Waals surface area contributed by atoms with Gasteiger partial charge in [0.2, 0.25) is 0 Å². The number of hydrogen-bond acceptors (Lipinski definition) is 4. The number of aromatic carboxylic acids is 1. The zero-order valence-corrected chi connectivity index (χ0v) is 10.2. The van der Waals surface area contributed by atoms with E-state index in [1.54, 1.807) is 12.3 Å². The Labute approximate surface area is 105 Å². The Morgan fingerprint density at radius 2 is 2.06 bits per heavy atom. The predicted molar refractivity (Wildman–Crippen MR) is 67.8 cm³/mol. The van der Waals surface area contributed by atoms with Crippen molar-refractivity contribution in [1.29, 1.82) is 0 Å². The van der Waals surface area contributed by atoms with E-state index in [-0.39, 0.29) is 5.56 Å². The Balaban J connectivity index is 2.40. The summed E-state index contributed by atoms with van der Waals surface area (Å²) in [6, 6.07) is 8.95. The fourth-order valence-corrected chi connectivity index (χ4v) is 1.67. The fraction of sp³-hybridized carbons (Fsp3) is 0.143. The summed E-state index contributed by atoms with van der Waals surface area (Å²) in [6.07, 6.45) is 1.54. The molecule has 0 amide bonds. The van der Waals surface area contributed by atoms with Gasteiger partial charge >= 0.3 is 0 Å². The molecule has 1 heterocycles. The number of aromatic nitrogens is 1. The van der Waals surface area contributed by atoms with Gasteiger partial charge in [0.05, 0.1) is 5.97 Å². The van der Waals surface area contributed by atoms with Crippen LogP contribution in [0.15, 0.2) is 36.5 Å². The lowest BCUT2D eigenvalue weighted by atomic mass is 10.1. The summed E-state index contributed by atoms with van der Waals surface area (Å²) in [7, 11) is 0. The van der Waals surface area contributed by atoms with E-state index >= 15 is 0 Å². The van der Waals surface area contributed by atoms with Crippen molar-refractivity contribution in [3.63, 3.8) is 0 Å². The lowest BCUT2D eigenvalue weighted by molar-refractivity contribution is -0.254. The molecule has 0 aliphatic carbocycles. The third-order valence-corrected chi connectivity index (χ3v) is 2.67. The van der Waals surface area contributed by atoms with Crippen LogP contribution in [0.3, 0.4) is 0 Å². The van der Waals surface area contributed by atoms with Crippen molar-refractivity contribution < 1.29 is 9.90 Å². The van der Waals surface area contributed by atoms with Crippen LogP contribution in [-0.4, -0.2) is 11.0 Å². The molecule has 0 radical (unpaired) electrons. The van der Waals surface area contributed by atoms with Crippen LogP contribution in [0.4, 0.5) is 11.5 Å². The number of pyridine rings is 1. The van der Waals surface area contributed by atoms with Crippen LogP contribution in [-0.2, 0) is 0 Å². The highest BCUT2D eigenvalue weighted by atomic mass is 16.4. The average Bonchev–Trinajstić information content (AvgIpc) is 2.34. The molecule has 0 bridgehead atoms. The maximum atomic E-state index is 11.0. The summed E-state index contributed by atoms with van der Waals surface area (Å²) in [4.78, 5) is 15.0. The maximum Gasteiger partial charge on any atom is 0.139 e. The van der Waals surface area contributed by atoms with Crippen molar-refractivity contribution in [2.75, 3.05) is 5.32 Å². The number of nitrogens with zero attached hydrogens (tertiary/aromatic N) is 1. The third-order valence-electron chi connectivity index (χ3n) is 2.67. The molecule has 0 fully saturated rings. The van der Waals surface area contributed by atoms with Gasteiger partial charge < -0.3 is 15.2 Å². The first kappa shape index (κ1) is 12.1. The second kappa shape index (κ2) is 4.87. The Bertz CT molecular complexity index is 594. The highest BCUT2D eigenvalue weighted by molar-refractivity contribution is 5.92. The van der Waals surface area contributed by atoms with Gasteiger partial charge in [0, 0.05) is 17.4 Å². The van der Waals surface area contributed by atoms with Gasteiger partial charge in [-0.3, -0.25) is 0 Å². The van der Waals surface area contributed by atoms with Crippen molar-refractivity contribution >= 4 is 17.5 Å². The van der Waals surface area contributed by atoms with Gasteiger partial charge in [-0.25, -0.2) is 4.98 Å². The number of anilines is 2. The van der Waals surface area contributed by atoms with E-state index in [0.29, 0.717) is 5.82 Å². The molecule has 2 rings (SSSR count). The first-order valence-electron chi connectivity index (χ1n) is 5.58. The number of benzene rings is 1. The number of nitrogens with one attached hydrogen (secondary N) is 1. The average molecular weight is 241 g/mol. The lowest BCUT2D eigenvalue weighted by Crippen LogP contribution is -2.23. The summed E-state index contributed by atoms with van der Waals surface area (Å²) in [5, 5.41) is 14.0. The number of carboxylic acid groups (broad SMARTS) is 1. The molecule has 2 aromatic rings. The summed E-state index contributed by atoms with van der Waals surface area (Å²) in [5.41, 5.74) is 3.01. The zero-order chi connectivity index (χ0) is 13.1. The van der Waals surface area contributed by atoms with Crippen molar-refractivity contribution in [1.82, 2.24) is 4.98 Å². The maximum absolute atomic E-state index is 11.0. The number of rotatable bonds is 3. The summed E-state index contributed by atoms with van der Waals surface area (Å²) in [6.45, 7) is 3.92. The van der Waals surface area contributed by atoms with Crippen LogP contribution in [0, 0.1) is 13.8 Å². The van der Waals surface area contributed by atoms with E-state index in [0.717, 1.165) is 16.8 Å². The van der Waals surface area contributed by atoms with E-state index in [1.807, 2.05) is 32.0 Å². The van der Waals surface area contributed by atoms with Gasteiger partial charge in [0.1, 0.15) is 5.82 Å². The summed E-state index contributed by atoms with van der Waals surface area (Å²) < 4.78 is 0. The first-order chi connectivity index (χ1) is 8.58. The van der Waals surface area contributed by atoms with Crippen molar-refractivity contribution in [3.8, 4) is 0 Å². The normalized spacial score (nSPS) is 10.1. The number of carbonyl (C=O) groups is 1.